The first-order valence-corrected chi connectivity index (χ1v) is 10.8. The lowest BCUT2D eigenvalue weighted by Crippen LogP contribution is -2.31. The van der Waals surface area contributed by atoms with Gasteiger partial charge in [0.2, 0.25) is 0 Å². The lowest BCUT2D eigenvalue weighted by molar-refractivity contribution is -0.104. The molecule has 1 fully saturated rings. The summed E-state index contributed by atoms with van der Waals surface area (Å²) in [5.41, 5.74) is 2.78. The molecule has 1 atom stereocenters. The van der Waals surface area contributed by atoms with Crippen LogP contribution in [0.2, 0.25) is 0 Å². The van der Waals surface area contributed by atoms with Gasteiger partial charge in [0.25, 0.3) is 0 Å². The largest absolute Gasteiger partial charge is 0.365 e. The van der Waals surface area contributed by atoms with Crippen molar-refractivity contribution in [2.45, 2.75) is 37.1 Å². The highest BCUT2D eigenvalue weighted by atomic mass is 19.2. The van der Waals surface area contributed by atoms with Crippen LogP contribution < -0.4 is 5.32 Å². The zero-order valence-electron chi connectivity index (χ0n) is 17.5. The predicted molar refractivity (Wildman–Crippen MR) is 121 cm³/mol. The molecule has 6 heteroatoms. The van der Waals surface area contributed by atoms with Crippen LogP contribution in [0.15, 0.2) is 60.7 Å². The van der Waals surface area contributed by atoms with Gasteiger partial charge in [-0.15, -0.1) is 0 Å². The molecule has 1 N–H and O–H groups in total. The Bertz CT molecular complexity index is 1210. The van der Waals surface area contributed by atoms with E-state index in [1.807, 2.05) is 36.4 Å². The van der Waals surface area contributed by atoms with Crippen LogP contribution in [0.1, 0.15) is 41.6 Å². The van der Waals surface area contributed by atoms with Gasteiger partial charge in [-0.2, -0.15) is 5.10 Å². The minimum atomic E-state index is -0.876. The highest BCUT2D eigenvalue weighted by molar-refractivity contribution is 5.74. The summed E-state index contributed by atoms with van der Waals surface area (Å²) >= 11 is 0. The van der Waals surface area contributed by atoms with Crippen molar-refractivity contribution < 1.29 is 13.6 Å². The molecule has 0 spiro atoms. The van der Waals surface area contributed by atoms with Crippen molar-refractivity contribution in [1.82, 2.24) is 9.78 Å². The van der Waals surface area contributed by atoms with E-state index in [9.17, 15) is 13.6 Å². The fraction of sp³-hybridized carbons (Fsp3) is 0.231. The zero-order valence-corrected chi connectivity index (χ0v) is 17.5. The van der Waals surface area contributed by atoms with Gasteiger partial charge in [-0.05, 0) is 48.6 Å². The Hall–Kier alpha value is -3.54. The van der Waals surface area contributed by atoms with Crippen molar-refractivity contribution in [2.24, 2.45) is 0 Å². The van der Waals surface area contributed by atoms with Crippen molar-refractivity contribution in [1.29, 1.82) is 0 Å². The molecular formula is C26H23F2N3O. The molecule has 0 radical (unpaired) electrons. The third-order valence-corrected chi connectivity index (χ3v) is 6.51. The van der Waals surface area contributed by atoms with Crippen LogP contribution in [0.4, 0.5) is 14.6 Å². The number of benzene rings is 2. The lowest BCUT2D eigenvalue weighted by Gasteiger charge is -2.35. The van der Waals surface area contributed by atoms with E-state index in [1.54, 1.807) is 16.9 Å². The van der Waals surface area contributed by atoms with Gasteiger partial charge in [-0.25, -0.2) is 13.5 Å². The summed E-state index contributed by atoms with van der Waals surface area (Å²) in [7, 11) is 0. The van der Waals surface area contributed by atoms with E-state index in [0.717, 1.165) is 35.5 Å². The first-order valence-electron chi connectivity index (χ1n) is 10.8. The molecule has 5 rings (SSSR count). The highest BCUT2D eigenvalue weighted by Crippen LogP contribution is 2.44. The maximum Gasteiger partial charge on any atom is 0.159 e. The number of hydrogen-bond donors (Lipinski definition) is 1. The van der Waals surface area contributed by atoms with Gasteiger partial charge in [0, 0.05) is 29.6 Å². The van der Waals surface area contributed by atoms with Crippen molar-refractivity contribution in [3.05, 3.63) is 94.7 Å². The molecule has 32 heavy (non-hydrogen) atoms. The number of carbonyl (C=O) groups is 1. The van der Waals surface area contributed by atoms with Crippen molar-refractivity contribution in [3.63, 3.8) is 0 Å². The molecule has 0 saturated heterocycles. The summed E-state index contributed by atoms with van der Waals surface area (Å²) in [6.07, 6.45) is 11.7. The van der Waals surface area contributed by atoms with Crippen LogP contribution >= 0.6 is 0 Å². The minimum absolute atomic E-state index is 0.401. The Morgan fingerprint density at radius 1 is 1.06 bits per heavy atom. The Balaban J connectivity index is 1.66. The van der Waals surface area contributed by atoms with Crippen LogP contribution in [-0.2, 0) is 16.6 Å². The molecule has 0 aliphatic heterocycles. The summed E-state index contributed by atoms with van der Waals surface area (Å²) in [5, 5.41) is 8.22. The fourth-order valence-electron chi connectivity index (χ4n) is 4.55. The van der Waals surface area contributed by atoms with E-state index >= 15 is 0 Å². The Morgan fingerprint density at radius 3 is 2.56 bits per heavy atom. The number of aromatic nitrogens is 2. The van der Waals surface area contributed by atoms with Gasteiger partial charge < -0.3 is 5.32 Å². The average molecular weight is 431 g/mol. The molecule has 162 valence electrons. The van der Waals surface area contributed by atoms with Gasteiger partial charge in [0.1, 0.15) is 6.29 Å². The number of fused-ring (bicyclic) bond motifs is 1. The van der Waals surface area contributed by atoms with E-state index < -0.39 is 17.0 Å². The van der Waals surface area contributed by atoms with E-state index in [0.29, 0.717) is 24.3 Å². The Kier molecular flexibility index (Phi) is 5.21. The van der Waals surface area contributed by atoms with E-state index in [1.165, 1.54) is 24.6 Å². The third kappa shape index (κ3) is 3.45. The second-order valence-electron chi connectivity index (χ2n) is 8.38. The number of nitrogens with one attached hydrogen (secondary N) is 1. The van der Waals surface area contributed by atoms with Crippen molar-refractivity contribution >= 4 is 24.4 Å². The van der Waals surface area contributed by atoms with Crippen LogP contribution in [0.5, 0.6) is 0 Å². The second kappa shape index (κ2) is 8.19. The molecular weight excluding hydrogens is 408 g/mol. The number of carbonyl (C=O) groups excluding carboxylic acids is 1. The molecule has 0 amide bonds. The summed E-state index contributed by atoms with van der Waals surface area (Å²) < 4.78 is 29.7. The number of aldehydes is 1. The van der Waals surface area contributed by atoms with Crippen LogP contribution in [0.3, 0.4) is 0 Å². The first kappa shape index (κ1) is 20.4. The predicted octanol–water partition coefficient (Wildman–Crippen LogP) is 5.35. The van der Waals surface area contributed by atoms with Crippen LogP contribution in [0, 0.1) is 11.6 Å². The van der Waals surface area contributed by atoms with Gasteiger partial charge in [-0.1, -0.05) is 48.6 Å². The summed E-state index contributed by atoms with van der Waals surface area (Å²) in [6.45, 7) is 0. The average Bonchev–Trinajstić information content (AvgIpc) is 3.13. The third-order valence-electron chi connectivity index (χ3n) is 6.51. The Morgan fingerprint density at radius 2 is 1.88 bits per heavy atom. The zero-order chi connectivity index (χ0) is 22.1. The molecule has 1 aromatic heterocycles. The number of nitrogens with zero attached hydrogens (tertiary/aromatic N) is 2. The first-order chi connectivity index (χ1) is 15.6. The quantitative estimate of drug-likeness (QED) is 0.423. The maximum atomic E-state index is 14.3. The van der Waals surface area contributed by atoms with Gasteiger partial charge in [0.05, 0.1) is 5.69 Å². The summed E-state index contributed by atoms with van der Waals surface area (Å²) in [6, 6.07) is 14.3. The number of allylic oxidation sites excluding steroid dienone is 2. The molecule has 2 aliphatic carbocycles. The molecule has 0 bridgehead atoms. The summed E-state index contributed by atoms with van der Waals surface area (Å²) in [5.74, 6) is -0.967. The highest BCUT2D eigenvalue weighted by Gasteiger charge is 2.38. The normalized spacial score (nSPS) is 20.2. The molecule has 1 heterocycles. The number of anilines is 1. The van der Waals surface area contributed by atoms with Gasteiger partial charge in [0.15, 0.2) is 17.5 Å². The Labute approximate surface area is 185 Å². The monoisotopic (exact) mass is 431 g/mol. The fourth-order valence-corrected chi connectivity index (χ4v) is 4.55. The minimum Gasteiger partial charge on any atom is -0.365 e. The maximum absolute atomic E-state index is 14.3. The summed E-state index contributed by atoms with van der Waals surface area (Å²) in [4.78, 5) is 11.0. The number of hydrogen-bond acceptors (Lipinski definition) is 3. The lowest BCUT2D eigenvalue weighted by atomic mass is 9.68. The van der Waals surface area contributed by atoms with Gasteiger partial charge >= 0.3 is 0 Å². The number of halogens is 2. The topological polar surface area (TPSA) is 46.9 Å². The smallest absolute Gasteiger partial charge is 0.159 e. The molecule has 4 nitrogen and oxygen atoms in total. The van der Waals surface area contributed by atoms with Crippen LogP contribution in [-0.4, -0.2) is 22.1 Å². The van der Waals surface area contributed by atoms with E-state index in [2.05, 4.69) is 11.4 Å². The van der Waals surface area contributed by atoms with Gasteiger partial charge in [-0.3, -0.25) is 4.79 Å². The van der Waals surface area contributed by atoms with Crippen molar-refractivity contribution in [2.75, 3.05) is 5.32 Å². The molecule has 2 aromatic carbocycles. The molecule has 2 aliphatic rings. The molecule has 3 aromatic rings. The van der Waals surface area contributed by atoms with Crippen LogP contribution in [0.25, 0.3) is 12.3 Å². The van der Waals surface area contributed by atoms with Crippen molar-refractivity contribution in [3.8, 4) is 0 Å². The molecule has 1 unspecified atom stereocenters. The van der Waals surface area contributed by atoms with E-state index in [-0.39, 0.29) is 0 Å². The SMILES string of the molecule is O=CC=Cn1nc(NC2CCC2)c2c1CC(c1ccccc1)(c1ccc(F)c(F)c1)C=C2. The van der Waals surface area contributed by atoms with E-state index in [4.69, 9.17) is 5.10 Å². The number of rotatable bonds is 6. The molecule has 1 saturated carbocycles. The second-order valence-corrected chi connectivity index (χ2v) is 8.38. The standard InChI is InChI=1S/C26H23F2N3O/c27-22-11-10-19(16-23(22)28)26(18-6-2-1-3-7-18)13-12-21-24(17-26)31(14-5-15-32)30-25(21)29-20-8-4-9-20/h1-3,5-7,10-16,20H,4,8-9,17H2,(H,29,30).